The number of para-hydroxylation sites is 3. The van der Waals surface area contributed by atoms with Gasteiger partial charge in [0.05, 0.1) is 40.0 Å². The molecule has 64 heavy (non-hydrogen) atoms. The molecule has 0 aliphatic heterocycles. The minimum atomic E-state index is 0.611. The first-order valence-electron chi connectivity index (χ1n) is 21.4. The van der Waals surface area contributed by atoms with E-state index in [0.717, 1.165) is 72.7 Å². The number of benzene rings is 9. The van der Waals surface area contributed by atoms with Crippen LogP contribution >= 0.6 is 0 Å². The van der Waals surface area contributed by atoms with E-state index in [1.54, 1.807) is 0 Å². The third-order valence-electron chi connectivity index (χ3n) is 12.4. The van der Waals surface area contributed by atoms with Crippen LogP contribution in [0, 0.1) is 6.57 Å². The normalized spacial score (nSPS) is 11.4. The predicted octanol–water partition coefficient (Wildman–Crippen LogP) is 15.6. The zero-order chi connectivity index (χ0) is 42.6. The highest BCUT2D eigenvalue weighted by Crippen LogP contribution is 2.39. The van der Waals surface area contributed by atoms with Crippen molar-refractivity contribution in [2.75, 3.05) is 0 Å². The largest absolute Gasteiger partial charge is 0.309 e. The van der Waals surface area contributed by atoms with Crippen molar-refractivity contribution in [2.24, 2.45) is 0 Å². The molecule has 0 spiro atoms. The lowest BCUT2D eigenvalue weighted by Crippen LogP contribution is -1.96. The Kier molecular flexibility index (Phi) is 8.81. The maximum absolute atomic E-state index is 8.22. The third-order valence-corrected chi connectivity index (χ3v) is 12.4. The monoisotopic (exact) mass is 815 g/mol. The van der Waals surface area contributed by atoms with Crippen LogP contribution in [0.5, 0.6) is 0 Å². The molecule has 0 amide bonds. The number of nitrogens with zero attached hydrogens (tertiary/aromatic N) is 5. The number of hydrogen-bond acceptors (Lipinski definition) is 2. The van der Waals surface area contributed by atoms with Crippen LogP contribution in [0.2, 0.25) is 0 Å². The second-order valence-electron chi connectivity index (χ2n) is 16.1. The minimum absolute atomic E-state index is 0.611. The zero-order valence-electron chi connectivity index (χ0n) is 34.6. The fourth-order valence-corrected chi connectivity index (χ4v) is 9.32. The number of aromatic nitrogens is 4. The van der Waals surface area contributed by atoms with Gasteiger partial charge in [-0.2, -0.15) is 0 Å². The molecule has 9 aromatic carbocycles. The van der Waals surface area contributed by atoms with Gasteiger partial charge < -0.3 is 9.13 Å². The van der Waals surface area contributed by atoms with Gasteiger partial charge in [-0.1, -0.05) is 164 Å². The predicted molar refractivity (Wildman–Crippen MR) is 264 cm³/mol. The standard InChI is InChI=1S/C59H37N5/c1-60-54-36-44(39-24-26-42(27-25-39)53-38-52(41-14-4-2-5-15-41)61-59(62-53)43-16-6-3-7-17-43)30-34-47(54)40-28-31-45(32-29-40)63-57-23-13-10-20-50(57)51-37-46(33-35-58(51)63)64-55-21-11-8-18-48(55)49-19-9-12-22-56(49)64/h2-38H. The Bertz CT molecular complexity index is 3650. The van der Waals surface area contributed by atoms with E-state index in [1.165, 1.54) is 32.6 Å². The lowest BCUT2D eigenvalue weighted by molar-refractivity contribution is 1.17. The van der Waals surface area contributed by atoms with Crippen LogP contribution in [0.15, 0.2) is 224 Å². The van der Waals surface area contributed by atoms with Gasteiger partial charge in [0.15, 0.2) is 11.5 Å². The van der Waals surface area contributed by atoms with Crippen molar-refractivity contribution in [3.63, 3.8) is 0 Å². The van der Waals surface area contributed by atoms with Gasteiger partial charge in [-0.15, -0.1) is 0 Å². The lowest BCUT2D eigenvalue weighted by atomic mass is 9.97. The molecule has 0 aliphatic rings. The van der Waals surface area contributed by atoms with Crippen LogP contribution in [-0.4, -0.2) is 19.1 Å². The summed E-state index contributed by atoms with van der Waals surface area (Å²) in [5.74, 6) is 0.687. The Morgan fingerprint density at radius 3 is 1.39 bits per heavy atom. The van der Waals surface area contributed by atoms with E-state index in [0.29, 0.717) is 11.5 Å². The number of fused-ring (bicyclic) bond motifs is 6. The molecule has 0 radical (unpaired) electrons. The van der Waals surface area contributed by atoms with Crippen molar-refractivity contribution in [3.05, 3.63) is 236 Å². The molecule has 0 saturated heterocycles. The van der Waals surface area contributed by atoms with E-state index in [9.17, 15) is 0 Å². The Balaban J connectivity index is 0.864. The highest BCUT2D eigenvalue weighted by Gasteiger charge is 2.17. The van der Waals surface area contributed by atoms with Crippen LogP contribution in [0.1, 0.15) is 0 Å². The molecular weight excluding hydrogens is 779 g/mol. The molecule has 12 rings (SSSR count). The zero-order valence-corrected chi connectivity index (χ0v) is 34.6. The Morgan fingerprint density at radius 2 is 0.781 bits per heavy atom. The van der Waals surface area contributed by atoms with Gasteiger partial charge in [0.1, 0.15) is 0 Å². The van der Waals surface area contributed by atoms with Gasteiger partial charge in [0, 0.05) is 49.6 Å². The molecule has 5 nitrogen and oxygen atoms in total. The topological polar surface area (TPSA) is 40.0 Å². The molecule has 0 atom stereocenters. The molecule has 0 fully saturated rings. The van der Waals surface area contributed by atoms with Crippen LogP contribution in [0.25, 0.3) is 116 Å². The highest BCUT2D eigenvalue weighted by molar-refractivity contribution is 6.12. The summed E-state index contributed by atoms with van der Waals surface area (Å²) in [6.45, 7) is 8.22. The van der Waals surface area contributed by atoms with E-state index in [1.807, 2.05) is 54.6 Å². The van der Waals surface area contributed by atoms with Crippen molar-refractivity contribution in [1.29, 1.82) is 0 Å². The van der Waals surface area contributed by atoms with Crippen LogP contribution in [0.4, 0.5) is 5.69 Å². The number of rotatable bonds is 7. The molecule has 3 heterocycles. The summed E-state index contributed by atoms with van der Waals surface area (Å²) in [6.07, 6.45) is 0. The van der Waals surface area contributed by atoms with E-state index in [2.05, 4.69) is 184 Å². The summed E-state index contributed by atoms with van der Waals surface area (Å²) >= 11 is 0. The second-order valence-corrected chi connectivity index (χ2v) is 16.1. The molecule has 12 aromatic rings. The SMILES string of the molecule is [C-]#[N+]c1cc(-c2ccc(-c3cc(-c4ccccc4)nc(-c4ccccc4)n3)cc2)ccc1-c1ccc(-n2c3ccccc3c3cc(-n4c5ccccc5c5ccccc54)ccc32)cc1. The molecule has 5 heteroatoms. The molecule has 3 aromatic heterocycles. The van der Waals surface area contributed by atoms with Gasteiger partial charge in [-0.25, -0.2) is 14.8 Å². The first-order chi connectivity index (χ1) is 31.7. The molecular formula is C59H37N5. The van der Waals surface area contributed by atoms with Crippen LogP contribution < -0.4 is 0 Å². The van der Waals surface area contributed by atoms with Crippen LogP contribution in [0.3, 0.4) is 0 Å². The molecule has 0 N–H and O–H groups in total. The molecule has 0 aliphatic carbocycles. The Morgan fingerprint density at radius 1 is 0.328 bits per heavy atom. The lowest BCUT2D eigenvalue weighted by Gasteiger charge is -2.12. The Hall–Kier alpha value is -8.85. The molecule has 0 bridgehead atoms. The Labute approximate surface area is 370 Å². The van der Waals surface area contributed by atoms with Crippen molar-refractivity contribution < 1.29 is 0 Å². The first-order valence-corrected chi connectivity index (χ1v) is 21.4. The first kappa shape index (κ1) is 37.0. The van der Waals surface area contributed by atoms with Crippen molar-refractivity contribution >= 4 is 49.3 Å². The van der Waals surface area contributed by atoms with Crippen LogP contribution in [-0.2, 0) is 0 Å². The van der Waals surface area contributed by atoms with Gasteiger partial charge >= 0.3 is 0 Å². The second kappa shape index (κ2) is 15.3. The number of hydrogen-bond donors (Lipinski definition) is 0. The third kappa shape index (κ3) is 6.24. The summed E-state index contributed by atoms with van der Waals surface area (Å²) in [6, 6.07) is 78.4. The van der Waals surface area contributed by atoms with E-state index < -0.39 is 0 Å². The quantitative estimate of drug-likeness (QED) is 0.150. The van der Waals surface area contributed by atoms with E-state index >= 15 is 0 Å². The molecule has 298 valence electrons. The molecule has 0 unspecified atom stereocenters. The summed E-state index contributed by atoms with van der Waals surface area (Å²) in [5, 5.41) is 4.90. The average Bonchev–Trinajstić information content (AvgIpc) is 3.89. The minimum Gasteiger partial charge on any atom is -0.309 e. The fraction of sp³-hybridized carbons (Fsp3) is 0. The highest BCUT2D eigenvalue weighted by atomic mass is 15.0. The van der Waals surface area contributed by atoms with Gasteiger partial charge in [0.25, 0.3) is 0 Å². The van der Waals surface area contributed by atoms with E-state index in [4.69, 9.17) is 16.5 Å². The van der Waals surface area contributed by atoms with E-state index in [-0.39, 0.29) is 0 Å². The average molecular weight is 816 g/mol. The molecule has 0 saturated carbocycles. The summed E-state index contributed by atoms with van der Waals surface area (Å²) < 4.78 is 4.72. The van der Waals surface area contributed by atoms with Crippen molar-refractivity contribution in [3.8, 4) is 67.5 Å². The smallest absolute Gasteiger partial charge is 0.195 e. The van der Waals surface area contributed by atoms with Crippen molar-refractivity contribution in [1.82, 2.24) is 19.1 Å². The fourth-order valence-electron chi connectivity index (χ4n) is 9.32. The van der Waals surface area contributed by atoms with Gasteiger partial charge in [-0.3, -0.25) is 0 Å². The summed E-state index contributed by atoms with van der Waals surface area (Å²) in [5.41, 5.74) is 16.1. The summed E-state index contributed by atoms with van der Waals surface area (Å²) in [7, 11) is 0. The van der Waals surface area contributed by atoms with Crippen molar-refractivity contribution in [2.45, 2.75) is 0 Å². The van der Waals surface area contributed by atoms with Gasteiger partial charge in [-0.05, 0) is 82.9 Å². The maximum atomic E-state index is 8.22. The van der Waals surface area contributed by atoms with Gasteiger partial charge in [0.2, 0.25) is 0 Å². The summed E-state index contributed by atoms with van der Waals surface area (Å²) in [4.78, 5) is 14.0. The maximum Gasteiger partial charge on any atom is 0.195 e.